The predicted molar refractivity (Wildman–Crippen MR) is 71.9 cm³/mol. The van der Waals surface area contributed by atoms with Crippen LogP contribution < -0.4 is 11.1 Å². The molecule has 0 fully saturated rings. The van der Waals surface area contributed by atoms with Crippen molar-refractivity contribution in [2.75, 3.05) is 12.3 Å². The normalized spacial score (nSPS) is 10.8. The highest BCUT2D eigenvalue weighted by atomic mass is 32.1. The van der Waals surface area contributed by atoms with Gasteiger partial charge in [0.1, 0.15) is 0 Å². The van der Waals surface area contributed by atoms with Gasteiger partial charge in [0.2, 0.25) is 0 Å². The molecule has 2 rings (SSSR count). The van der Waals surface area contributed by atoms with Crippen LogP contribution in [0.5, 0.6) is 0 Å². The Kier molecular flexibility index (Phi) is 4.58. The smallest absolute Gasteiger partial charge is 0.0945 e. The Morgan fingerprint density at radius 3 is 3.06 bits per heavy atom. The molecule has 0 amide bonds. The molecule has 3 N–H and O–H groups in total. The third-order valence-electron chi connectivity index (χ3n) is 2.64. The monoisotopic (exact) mass is 250 g/mol. The number of rotatable bonds is 7. The first-order chi connectivity index (χ1) is 8.36. The Labute approximate surface area is 105 Å². The average Bonchev–Trinajstić information content (AvgIpc) is 2.95. The number of nitrogens with zero attached hydrogens (tertiary/aromatic N) is 2. The van der Waals surface area contributed by atoms with Gasteiger partial charge in [0.05, 0.1) is 6.33 Å². The van der Waals surface area contributed by atoms with Gasteiger partial charge in [-0.05, 0) is 30.8 Å². The molecule has 2 heterocycles. The summed E-state index contributed by atoms with van der Waals surface area (Å²) in [6.07, 6.45) is 8.02. The number of anilines is 1. The van der Waals surface area contributed by atoms with E-state index in [2.05, 4.69) is 14.9 Å². The molecule has 0 aliphatic heterocycles. The first-order valence-electron chi connectivity index (χ1n) is 5.84. The summed E-state index contributed by atoms with van der Waals surface area (Å²) in [4.78, 5) is 5.25. The fourth-order valence-corrected chi connectivity index (χ4v) is 2.43. The third-order valence-corrected chi connectivity index (χ3v) is 3.58. The fourth-order valence-electron chi connectivity index (χ4n) is 1.66. The standard InChI is InChI=1S/C12H18N4S/c13-11-3-8-17-12(11)9-14-4-1-2-6-16-7-5-15-10-16/h3,5,7-8,10,14H,1-2,4,6,9,13H2. The lowest BCUT2D eigenvalue weighted by atomic mass is 10.3. The van der Waals surface area contributed by atoms with Crippen molar-refractivity contribution in [3.05, 3.63) is 35.0 Å². The molecule has 0 aromatic carbocycles. The molecule has 5 heteroatoms. The topological polar surface area (TPSA) is 55.9 Å². The number of hydrogen-bond acceptors (Lipinski definition) is 4. The Hall–Kier alpha value is -1.33. The number of nitrogens with one attached hydrogen (secondary N) is 1. The summed E-state index contributed by atoms with van der Waals surface area (Å²) in [5, 5.41) is 5.45. The second-order valence-electron chi connectivity index (χ2n) is 3.98. The second-order valence-corrected chi connectivity index (χ2v) is 4.98. The van der Waals surface area contributed by atoms with Crippen LogP contribution in [0.3, 0.4) is 0 Å². The number of unbranched alkanes of at least 4 members (excludes halogenated alkanes) is 1. The van der Waals surface area contributed by atoms with Gasteiger partial charge < -0.3 is 15.6 Å². The molecular formula is C12H18N4S. The number of nitrogen functional groups attached to an aromatic ring is 1. The zero-order valence-electron chi connectivity index (χ0n) is 9.80. The largest absolute Gasteiger partial charge is 0.398 e. The van der Waals surface area contributed by atoms with Crippen molar-refractivity contribution in [2.24, 2.45) is 0 Å². The van der Waals surface area contributed by atoms with Crippen molar-refractivity contribution in [2.45, 2.75) is 25.9 Å². The van der Waals surface area contributed by atoms with Gasteiger partial charge in [0.15, 0.2) is 0 Å². The quantitative estimate of drug-likeness (QED) is 0.740. The predicted octanol–water partition coefficient (Wildman–Crippen LogP) is 2.10. The number of hydrogen-bond donors (Lipinski definition) is 2. The van der Waals surface area contributed by atoms with Crippen LogP contribution >= 0.6 is 11.3 Å². The summed E-state index contributed by atoms with van der Waals surface area (Å²) in [6.45, 7) is 2.96. The Balaban J connectivity index is 1.54. The van der Waals surface area contributed by atoms with Gasteiger partial charge in [0, 0.05) is 36.0 Å². The van der Waals surface area contributed by atoms with Crippen LogP contribution in [0.2, 0.25) is 0 Å². The number of thiophene rings is 1. The molecule has 0 bridgehead atoms. The molecule has 2 aromatic heterocycles. The molecule has 4 nitrogen and oxygen atoms in total. The van der Waals surface area contributed by atoms with Gasteiger partial charge >= 0.3 is 0 Å². The van der Waals surface area contributed by atoms with Crippen molar-refractivity contribution in [3.8, 4) is 0 Å². The lowest BCUT2D eigenvalue weighted by Gasteiger charge is -2.04. The van der Waals surface area contributed by atoms with Crippen molar-refractivity contribution < 1.29 is 0 Å². The number of aromatic nitrogens is 2. The van der Waals surface area contributed by atoms with E-state index in [4.69, 9.17) is 5.73 Å². The minimum atomic E-state index is 0.884. The first-order valence-corrected chi connectivity index (χ1v) is 6.72. The van der Waals surface area contributed by atoms with Gasteiger partial charge in [-0.1, -0.05) is 0 Å². The van der Waals surface area contributed by atoms with E-state index in [9.17, 15) is 0 Å². The van der Waals surface area contributed by atoms with Crippen molar-refractivity contribution >= 4 is 17.0 Å². The van der Waals surface area contributed by atoms with Crippen LogP contribution in [0.1, 0.15) is 17.7 Å². The number of aryl methyl sites for hydroxylation is 1. The van der Waals surface area contributed by atoms with E-state index in [0.717, 1.165) is 25.3 Å². The number of nitrogens with two attached hydrogens (primary N) is 1. The molecule has 0 spiro atoms. The van der Waals surface area contributed by atoms with Crippen molar-refractivity contribution in [1.82, 2.24) is 14.9 Å². The summed E-state index contributed by atoms with van der Waals surface area (Å²) in [7, 11) is 0. The molecule has 0 unspecified atom stereocenters. The highest BCUT2D eigenvalue weighted by Crippen LogP contribution is 2.17. The zero-order chi connectivity index (χ0) is 11.9. The molecule has 0 aliphatic carbocycles. The minimum Gasteiger partial charge on any atom is -0.398 e. The molecular weight excluding hydrogens is 232 g/mol. The van der Waals surface area contributed by atoms with E-state index in [1.807, 2.05) is 30.2 Å². The van der Waals surface area contributed by atoms with Gasteiger partial charge in [-0.2, -0.15) is 0 Å². The van der Waals surface area contributed by atoms with Gasteiger partial charge in [0.25, 0.3) is 0 Å². The minimum absolute atomic E-state index is 0.884. The van der Waals surface area contributed by atoms with Crippen LogP contribution in [0, 0.1) is 0 Å². The molecule has 0 saturated heterocycles. The maximum absolute atomic E-state index is 5.81. The van der Waals surface area contributed by atoms with Crippen molar-refractivity contribution in [3.63, 3.8) is 0 Å². The summed E-state index contributed by atoms with van der Waals surface area (Å²) in [6, 6.07) is 1.96. The Morgan fingerprint density at radius 1 is 1.41 bits per heavy atom. The Morgan fingerprint density at radius 2 is 2.35 bits per heavy atom. The molecule has 92 valence electrons. The van der Waals surface area contributed by atoms with Gasteiger partial charge in [-0.3, -0.25) is 0 Å². The van der Waals surface area contributed by atoms with Gasteiger partial charge in [-0.15, -0.1) is 11.3 Å². The highest BCUT2D eigenvalue weighted by molar-refractivity contribution is 7.10. The Bertz CT molecular complexity index is 421. The van der Waals surface area contributed by atoms with E-state index >= 15 is 0 Å². The van der Waals surface area contributed by atoms with E-state index in [-0.39, 0.29) is 0 Å². The molecule has 17 heavy (non-hydrogen) atoms. The fraction of sp³-hybridized carbons (Fsp3) is 0.417. The summed E-state index contributed by atoms with van der Waals surface area (Å²) < 4.78 is 2.11. The maximum Gasteiger partial charge on any atom is 0.0945 e. The van der Waals surface area contributed by atoms with Gasteiger partial charge in [-0.25, -0.2) is 4.98 Å². The third kappa shape index (κ3) is 3.87. The highest BCUT2D eigenvalue weighted by Gasteiger charge is 1.99. The molecule has 2 aromatic rings. The second kappa shape index (κ2) is 6.42. The average molecular weight is 250 g/mol. The van der Waals surface area contributed by atoms with E-state index < -0.39 is 0 Å². The molecule has 0 radical (unpaired) electrons. The zero-order valence-corrected chi connectivity index (χ0v) is 10.6. The van der Waals surface area contributed by atoms with Crippen LogP contribution in [0.15, 0.2) is 30.2 Å². The molecule has 0 atom stereocenters. The van der Waals surface area contributed by atoms with Crippen LogP contribution in [0.4, 0.5) is 5.69 Å². The summed E-state index contributed by atoms with van der Waals surface area (Å²) >= 11 is 1.71. The van der Waals surface area contributed by atoms with Crippen LogP contribution in [0.25, 0.3) is 0 Å². The molecule has 0 aliphatic rings. The lowest BCUT2D eigenvalue weighted by Crippen LogP contribution is -2.15. The molecule has 0 saturated carbocycles. The van der Waals surface area contributed by atoms with Crippen molar-refractivity contribution in [1.29, 1.82) is 0 Å². The summed E-state index contributed by atoms with van der Waals surface area (Å²) in [5.41, 5.74) is 6.71. The summed E-state index contributed by atoms with van der Waals surface area (Å²) in [5.74, 6) is 0. The lowest BCUT2D eigenvalue weighted by molar-refractivity contribution is 0.570. The van der Waals surface area contributed by atoms with Crippen LogP contribution in [-0.4, -0.2) is 16.1 Å². The first kappa shape index (κ1) is 12.1. The van der Waals surface area contributed by atoms with Crippen LogP contribution in [-0.2, 0) is 13.1 Å². The maximum atomic E-state index is 5.81. The SMILES string of the molecule is Nc1ccsc1CNCCCCn1ccnc1. The van der Waals surface area contributed by atoms with E-state index in [0.29, 0.717) is 0 Å². The number of imidazole rings is 1. The van der Waals surface area contributed by atoms with E-state index in [1.165, 1.54) is 17.7 Å². The van der Waals surface area contributed by atoms with E-state index in [1.54, 1.807) is 11.3 Å².